The average Bonchev–Trinajstić information content (AvgIpc) is 3.17. The summed E-state index contributed by atoms with van der Waals surface area (Å²) in [4.78, 5) is 0. The van der Waals surface area contributed by atoms with E-state index < -0.39 is 0 Å². The Bertz CT molecular complexity index is 902. The van der Waals surface area contributed by atoms with Crippen LogP contribution < -0.4 is 0 Å². The van der Waals surface area contributed by atoms with Gasteiger partial charge >= 0.3 is 0 Å². The van der Waals surface area contributed by atoms with Crippen LogP contribution in [0.25, 0.3) is 0 Å². The molecular formula is C50H84. The molecule has 5 aliphatic rings. The molecule has 0 aromatic heterocycles. The largest absolute Gasteiger partial charge is 0.0996 e. The molecule has 0 nitrogen and oxygen atoms in total. The van der Waals surface area contributed by atoms with E-state index in [-0.39, 0.29) is 0 Å². The summed E-state index contributed by atoms with van der Waals surface area (Å²) in [7, 11) is 0. The second kappa shape index (κ2) is 23.7. The van der Waals surface area contributed by atoms with Crippen LogP contribution in [0.3, 0.4) is 0 Å². The Morgan fingerprint density at radius 2 is 0.600 bits per heavy atom. The maximum Gasteiger partial charge on any atom is 0.0214 e. The lowest BCUT2D eigenvalue weighted by atomic mass is 9.74. The van der Waals surface area contributed by atoms with Gasteiger partial charge in [-0.3, -0.25) is 0 Å². The summed E-state index contributed by atoms with van der Waals surface area (Å²) >= 11 is 0. The molecular weight excluding hydrogens is 601 g/mol. The second-order valence-electron chi connectivity index (χ2n) is 19.2. The standard InChI is InChI=1S/C50H84/c1-3-5-7-9-12-41-16-20-43(21-17-41)24-26-45-28-32-47(33-29-45)36-38-49-14-11-15-50(40-49)39-37-48-34-30-46(31-35-48)27-25-44-22-18-42(19-23-44)13-10-8-6-4-2/h41-50H,3-35,40H2,1-2H3. The lowest BCUT2D eigenvalue weighted by molar-refractivity contribution is 0.220. The molecule has 0 radical (unpaired) electrons. The Hall–Kier alpha value is -0.880. The predicted octanol–water partition coefficient (Wildman–Crippen LogP) is 15.5. The summed E-state index contributed by atoms with van der Waals surface area (Å²) in [5.74, 6) is 24.1. The molecule has 2 unspecified atom stereocenters. The lowest BCUT2D eigenvalue weighted by Crippen LogP contribution is -2.18. The molecule has 0 amide bonds. The second-order valence-corrected chi connectivity index (χ2v) is 19.2. The van der Waals surface area contributed by atoms with Crippen molar-refractivity contribution in [1.29, 1.82) is 0 Å². The Labute approximate surface area is 314 Å². The first-order valence-electron chi connectivity index (χ1n) is 23.7. The molecule has 0 aromatic rings. The Morgan fingerprint density at radius 1 is 0.300 bits per heavy atom. The van der Waals surface area contributed by atoms with Crippen molar-refractivity contribution >= 4 is 0 Å². The number of rotatable bonds is 16. The summed E-state index contributed by atoms with van der Waals surface area (Å²) in [5, 5.41) is 0. The van der Waals surface area contributed by atoms with E-state index >= 15 is 0 Å². The van der Waals surface area contributed by atoms with Gasteiger partial charge in [-0.1, -0.05) is 185 Å². The van der Waals surface area contributed by atoms with E-state index in [1.165, 1.54) is 218 Å². The molecule has 284 valence electrons. The van der Waals surface area contributed by atoms with Gasteiger partial charge in [-0.15, -0.1) is 0 Å². The first-order valence-corrected chi connectivity index (χ1v) is 23.7. The fourth-order valence-corrected chi connectivity index (χ4v) is 11.4. The summed E-state index contributed by atoms with van der Waals surface area (Å²) in [6.45, 7) is 4.66. The molecule has 5 fully saturated rings. The normalized spacial score (nSPS) is 35.0. The summed E-state index contributed by atoms with van der Waals surface area (Å²) in [6.07, 6.45) is 49.5. The highest BCUT2D eigenvalue weighted by molar-refractivity contribution is 5.14. The van der Waals surface area contributed by atoms with Crippen LogP contribution in [0.4, 0.5) is 0 Å². The van der Waals surface area contributed by atoms with Gasteiger partial charge in [0.15, 0.2) is 0 Å². The van der Waals surface area contributed by atoms with E-state index in [9.17, 15) is 0 Å². The number of hydrogen-bond acceptors (Lipinski definition) is 0. The van der Waals surface area contributed by atoms with Crippen LogP contribution in [-0.4, -0.2) is 0 Å². The highest BCUT2D eigenvalue weighted by atomic mass is 14.3. The summed E-state index contributed by atoms with van der Waals surface area (Å²) in [6, 6.07) is 0. The van der Waals surface area contributed by atoms with Gasteiger partial charge in [0, 0.05) is 23.7 Å². The van der Waals surface area contributed by atoms with Crippen LogP contribution in [0.5, 0.6) is 0 Å². The van der Waals surface area contributed by atoms with Gasteiger partial charge in [0.2, 0.25) is 0 Å². The quantitative estimate of drug-likeness (QED) is 0.112. The topological polar surface area (TPSA) is 0 Å². The Kier molecular flexibility index (Phi) is 19.1. The molecule has 5 aliphatic carbocycles. The molecule has 0 heterocycles. The third kappa shape index (κ3) is 15.2. The van der Waals surface area contributed by atoms with Gasteiger partial charge in [-0.2, -0.15) is 0 Å². The van der Waals surface area contributed by atoms with E-state index in [1.54, 1.807) is 0 Å². The van der Waals surface area contributed by atoms with Crippen LogP contribution in [0.1, 0.15) is 232 Å². The van der Waals surface area contributed by atoms with Gasteiger partial charge in [0.05, 0.1) is 0 Å². The van der Waals surface area contributed by atoms with E-state index in [0.29, 0.717) is 23.7 Å². The molecule has 0 aliphatic heterocycles. The van der Waals surface area contributed by atoms with Crippen LogP contribution >= 0.6 is 0 Å². The zero-order valence-corrected chi connectivity index (χ0v) is 33.8. The smallest absolute Gasteiger partial charge is 0.0214 e. The SMILES string of the molecule is CCCCCCC1CCC(CCC2CCC(C#CC3CCCC(C#CC4CCC(CCC5CCC(CCCCCC)CC5)CC4)C3)CC2)CC1. The molecule has 0 spiro atoms. The van der Waals surface area contributed by atoms with Crippen molar-refractivity contribution in [2.75, 3.05) is 0 Å². The van der Waals surface area contributed by atoms with Crippen molar-refractivity contribution in [2.45, 2.75) is 232 Å². The Balaban J connectivity index is 0.892. The zero-order valence-electron chi connectivity index (χ0n) is 33.8. The van der Waals surface area contributed by atoms with Crippen LogP contribution in [0, 0.1) is 82.9 Å². The molecule has 0 bridgehead atoms. The van der Waals surface area contributed by atoms with Gasteiger partial charge in [-0.25, -0.2) is 0 Å². The Morgan fingerprint density at radius 3 is 0.940 bits per heavy atom. The van der Waals surface area contributed by atoms with Crippen molar-refractivity contribution in [3.05, 3.63) is 0 Å². The third-order valence-corrected chi connectivity index (χ3v) is 15.2. The van der Waals surface area contributed by atoms with Gasteiger partial charge in [0.25, 0.3) is 0 Å². The van der Waals surface area contributed by atoms with Crippen molar-refractivity contribution in [1.82, 2.24) is 0 Å². The van der Waals surface area contributed by atoms with Crippen molar-refractivity contribution in [3.8, 4) is 23.7 Å². The molecule has 0 heteroatoms. The molecule has 5 saturated carbocycles. The van der Waals surface area contributed by atoms with E-state index in [4.69, 9.17) is 0 Å². The van der Waals surface area contributed by atoms with Crippen molar-refractivity contribution in [2.24, 2.45) is 59.2 Å². The van der Waals surface area contributed by atoms with E-state index in [2.05, 4.69) is 37.5 Å². The highest BCUT2D eigenvalue weighted by Gasteiger charge is 2.27. The maximum atomic E-state index is 3.83. The summed E-state index contributed by atoms with van der Waals surface area (Å²) in [5.41, 5.74) is 0. The first kappa shape index (κ1) is 40.3. The number of unbranched alkanes of at least 4 members (excludes halogenated alkanes) is 6. The monoisotopic (exact) mass is 685 g/mol. The number of hydrogen-bond donors (Lipinski definition) is 0. The molecule has 50 heavy (non-hydrogen) atoms. The zero-order chi connectivity index (χ0) is 34.6. The van der Waals surface area contributed by atoms with Gasteiger partial charge in [-0.05, 0) is 106 Å². The molecule has 0 aromatic carbocycles. The average molecular weight is 685 g/mol. The minimum absolute atomic E-state index is 0.620. The fourth-order valence-electron chi connectivity index (χ4n) is 11.4. The predicted molar refractivity (Wildman–Crippen MR) is 219 cm³/mol. The van der Waals surface area contributed by atoms with E-state index in [1.807, 2.05) is 0 Å². The third-order valence-electron chi connectivity index (χ3n) is 15.2. The molecule has 0 N–H and O–H groups in total. The maximum absolute atomic E-state index is 3.83. The first-order chi connectivity index (χ1) is 24.7. The van der Waals surface area contributed by atoms with Gasteiger partial charge < -0.3 is 0 Å². The van der Waals surface area contributed by atoms with Crippen LogP contribution in [0.15, 0.2) is 0 Å². The van der Waals surface area contributed by atoms with Crippen LogP contribution in [-0.2, 0) is 0 Å². The van der Waals surface area contributed by atoms with Crippen molar-refractivity contribution < 1.29 is 0 Å². The van der Waals surface area contributed by atoms with Crippen LogP contribution in [0.2, 0.25) is 0 Å². The highest BCUT2D eigenvalue weighted by Crippen LogP contribution is 2.40. The van der Waals surface area contributed by atoms with E-state index in [0.717, 1.165) is 35.5 Å². The van der Waals surface area contributed by atoms with Crippen molar-refractivity contribution in [3.63, 3.8) is 0 Å². The summed E-state index contributed by atoms with van der Waals surface area (Å²) < 4.78 is 0. The lowest BCUT2D eigenvalue weighted by Gasteiger charge is -2.31. The molecule has 0 saturated heterocycles. The van der Waals surface area contributed by atoms with Gasteiger partial charge in [0.1, 0.15) is 0 Å². The minimum Gasteiger partial charge on any atom is -0.0996 e. The molecule has 5 rings (SSSR count). The fraction of sp³-hybridized carbons (Fsp3) is 0.920. The molecule has 2 atom stereocenters. The minimum atomic E-state index is 0.620.